The Morgan fingerprint density at radius 3 is 2.65 bits per heavy atom. The first-order chi connectivity index (χ1) is 11.0. The van der Waals surface area contributed by atoms with Gasteiger partial charge in [0.2, 0.25) is 0 Å². The third kappa shape index (κ3) is 2.92. The van der Waals surface area contributed by atoms with Gasteiger partial charge < -0.3 is 5.11 Å². The van der Waals surface area contributed by atoms with Crippen LogP contribution in [0, 0.1) is 5.41 Å². The fourth-order valence-corrected chi connectivity index (χ4v) is 4.40. The van der Waals surface area contributed by atoms with E-state index >= 15 is 0 Å². The summed E-state index contributed by atoms with van der Waals surface area (Å²) in [5.74, 6) is 0.153. The van der Waals surface area contributed by atoms with Gasteiger partial charge in [-0.1, -0.05) is 24.6 Å². The maximum Gasteiger partial charge on any atom is 0.184 e. The summed E-state index contributed by atoms with van der Waals surface area (Å²) in [7, 11) is 0. The number of aliphatic hydroxyl groups is 1. The van der Waals surface area contributed by atoms with E-state index < -0.39 is 0 Å². The predicted molar refractivity (Wildman–Crippen MR) is 96.5 cm³/mol. The minimum absolute atomic E-state index is 0.153. The number of aliphatic hydroxyl groups excluding tert-OH is 1. The number of hydrogen-bond donors (Lipinski definition) is 1. The predicted octanol–water partition coefficient (Wildman–Crippen LogP) is 4.63. The summed E-state index contributed by atoms with van der Waals surface area (Å²) in [5, 5.41) is 10.5. The zero-order chi connectivity index (χ0) is 16.6. The number of allylic oxidation sites excluding steroid dienone is 2. The molecular weight excluding hydrogens is 304 g/mol. The Kier molecular flexibility index (Phi) is 4.52. The third-order valence-corrected chi connectivity index (χ3v) is 6.17. The van der Waals surface area contributed by atoms with E-state index in [0.29, 0.717) is 6.42 Å². The second-order valence-corrected chi connectivity index (χ2v) is 7.76. The van der Waals surface area contributed by atoms with Gasteiger partial charge in [0.1, 0.15) is 0 Å². The van der Waals surface area contributed by atoms with Crippen LogP contribution in [-0.2, 0) is 4.79 Å². The van der Waals surface area contributed by atoms with Crippen LogP contribution in [0.4, 0.5) is 0 Å². The van der Waals surface area contributed by atoms with Crippen LogP contribution in [0.25, 0.3) is 6.08 Å². The molecule has 3 heteroatoms. The number of Topliss-reactive ketones (excluding diaryl/α,β-unsaturated/α-hetero) is 1. The zero-order valence-corrected chi connectivity index (χ0v) is 14.9. The Balaban J connectivity index is 1.99. The van der Waals surface area contributed by atoms with E-state index in [2.05, 4.69) is 37.4 Å². The molecule has 1 aromatic rings. The van der Waals surface area contributed by atoms with E-state index in [1.54, 1.807) is 11.8 Å². The molecule has 122 valence electrons. The lowest BCUT2D eigenvalue weighted by Crippen LogP contribution is -2.42. The van der Waals surface area contributed by atoms with E-state index in [4.69, 9.17) is 0 Å². The molecule has 0 radical (unpaired) electrons. The van der Waals surface area contributed by atoms with Crippen LogP contribution in [0.1, 0.15) is 45.1 Å². The molecule has 0 saturated heterocycles. The minimum atomic E-state index is -0.350. The van der Waals surface area contributed by atoms with Gasteiger partial charge in [-0.05, 0) is 68.2 Å². The van der Waals surface area contributed by atoms with Crippen LogP contribution in [0.5, 0.6) is 0 Å². The van der Waals surface area contributed by atoms with Crippen LogP contribution in [0.3, 0.4) is 0 Å². The van der Waals surface area contributed by atoms with Gasteiger partial charge in [0.25, 0.3) is 0 Å². The summed E-state index contributed by atoms with van der Waals surface area (Å²) in [4.78, 5) is 14.0. The Hall–Kier alpha value is -1.32. The third-order valence-electron chi connectivity index (χ3n) is 5.43. The zero-order valence-electron chi connectivity index (χ0n) is 14.1. The lowest BCUT2D eigenvalue weighted by Gasteiger charge is -2.45. The van der Waals surface area contributed by atoms with Crippen molar-refractivity contribution < 1.29 is 9.90 Å². The van der Waals surface area contributed by atoms with Crippen molar-refractivity contribution in [1.29, 1.82) is 0 Å². The van der Waals surface area contributed by atoms with Gasteiger partial charge in [0.05, 0.1) is 6.10 Å². The molecule has 3 rings (SSSR count). The minimum Gasteiger partial charge on any atom is -0.392 e. The number of rotatable bonds is 2. The fraction of sp³-hybridized carbons (Fsp3) is 0.450. The van der Waals surface area contributed by atoms with Crippen LogP contribution in [0.15, 0.2) is 45.9 Å². The topological polar surface area (TPSA) is 37.3 Å². The molecule has 1 aromatic carbocycles. The SMILES string of the molecule is CSc1ccc(/C=C2\C[C@@]3(C)C(=C(C)C2=O)CCC[C@@H]3O)cc1. The van der Waals surface area contributed by atoms with Gasteiger partial charge in [0, 0.05) is 15.9 Å². The maximum absolute atomic E-state index is 12.7. The Labute approximate surface area is 142 Å². The molecule has 0 spiro atoms. The smallest absolute Gasteiger partial charge is 0.184 e. The van der Waals surface area contributed by atoms with Crippen LogP contribution in [0.2, 0.25) is 0 Å². The van der Waals surface area contributed by atoms with E-state index in [-0.39, 0.29) is 17.3 Å². The lowest BCUT2D eigenvalue weighted by molar-refractivity contribution is -0.113. The summed E-state index contributed by atoms with van der Waals surface area (Å²) in [6, 6.07) is 8.27. The van der Waals surface area contributed by atoms with Crippen molar-refractivity contribution in [1.82, 2.24) is 0 Å². The average Bonchev–Trinajstić information content (AvgIpc) is 2.55. The maximum atomic E-state index is 12.7. The van der Waals surface area contributed by atoms with Crippen molar-refractivity contribution in [2.24, 2.45) is 5.41 Å². The van der Waals surface area contributed by atoms with Crippen molar-refractivity contribution in [2.45, 2.75) is 50.5 Å². The number of hydrogen-bond acceptors (Lipinski definition) is 3. The highest BCUT2D eigenvalue weighted by atomic mass is 32.2. The summed E-state index contributed by atoms with van der Waals surface area (Å²) < 4.78 is 0. The highest BCUT2D eigenvalue weighted by Crippen LogP contribution is 2.50. The molecule has 2 atom stereocenters. The van der Waals surface area contributed by atoms with E-state index in [1.807, 2.05) is 13.0 Å². The summed E-state index contributed by atoms with van der Waals surface area (Å²) in [5.41, 5.74) is 3.63. The van der Waals surface area contributed by atoms with Crippen molar-refractivity contribution in [3.8, 4) is 0 Å². The quantitative estimate of drug-likeness (QED) is 0.635. The Morgan fingerprint density at radius 2 is 2.00 bits per heavy atom. The standard InChI is InChI=1S/C20H24O2S/c1-13-17-5-4-6-18(21)20(17,2)12-15(19(13)22)11-14-7-9-16(23-3)10-8-14/h7-11,18,21H,4-6,12H2,1-3H3/b15-11+/t18-,20-/m0/s1. The van der Waals surface area contributed by atoms with Gasteiger partial charge in [-0.2, -0.15) is 0 Å². The molecule has 0 heterocycles. The molecule has 2 aliphatic rings. The first-order valence-electron chi connectivity index (χ1n) is 8.23. The molecular formula is C20H24O2S. The molecule has 0 aliphatic heterocycles. The van der Waals surface area contributed by atoms with Gasteiger partial charge in [-0.25, -0.2) is 0 Å². The normalized spacial score (nSPS) is 29.8. The second kappa shape index (κ2) is 6.29. The number of carbonyl (C=O) groups excluding carboxylic acids is 1. The molecule has 0 bridgehead atoms. The number of benzene rings is 1. The van der Waals surface area contributed by atoms with Crippen molar-refractivity contribution in [3.05, 3.63) is 46.5 Å². The van der Waals surface area contributed by atoms with Gasteiger partial charge in [-0.3, -0.25) is 4.79 Å². The van der Waals surface area contributed by atoms with E-state index in [9.17, 15) is 9.90 Å². The highest BCUT2D eigenvalue weighted by molar-refractivity contribution is 7.98. The largest absolute Gasteiger partial charge is 0.392 e. The molecule has 0 amide bonds. The monoisotopic (exact) mass is 328 g/mol. The first kappa shape index (κ1) is 16.5. The van der Waals surface area contributed by atoms with E-state index in [0.717, 1.165) is 36.0 Å². The highest BCUT2D eigenvalue weighted by Gasteiger charge is 2.45. The number of carbonyl (C=O) groups is 1. The van der Waals surface area contributed by atoms with Gasteiger partial charge >= 0.3 is 0 Å². The second-order valence-electron chi connectivity index (χ2n) is 6.88. The fourth-order valence-electron chi connectivity index (χ4n) is 3.99. The van der Waals surface area contributed by atoms with Crippen molar-refractivity contribution >= 4 is 23.6 Å². The van der Waals surface area contributed by atoms with E-state index in [1.165, 1.54) is 10.5 Å². The number of thioether (sulfide) groups is 1. The van der Waals surface area contributed by atoms with Crippen LogP contribution < -0.4 is 0 Å². The molecule has 23 heavy (non-hydrogen) atoms. The molecule has 0 aromatic heterocycles. The summed E-state index contributed by atoms with van der Waals surface area (Å²) >= 11 is 1.71. The Morgan fingerprint density at radius 1 is 1.30 bits per heavy atom. The number of ketones is 1. The van der Waals surface area contributed by atoms with Crippen molar-refractivity contribution in [2.75, 3.05) is 6.26 Å². The van der Waals surface area contributed by atoms with Gasteiger partial charge in [0.15, 0.2) is 5.78 Å². The lowest BCUT2D eigenvalue weighted by atomic mass is 9.61. The number of fused-ring (bicyclic) bond motifs is 1. The van der Waals surface area contributed by atoms with Crippen LogP contribution in [-0.4, -0.2) is 23.2 Å². The van der Waals surface area contributed by atoms with Gasteiger partial charge in [-0.15, -0.1) is 11.8 Å². The summed E-state index contributed by atoms with van der Waals surface area (Å²) in [6.45, 7) is 4.05. The Bertz CT molecular complexity index is 684. The summed E-state index contributed by atoms with van der Waals surface area (Å²) in [6.07, 6.45) is 7.10. The molecule has 1 saturated carbocycles. The molecule has 2 nitrogen and oxygen atoms in total. The molecule has 2 aliphatic carbocycles. The molecule has 1 fully saturated rings. The van der Waals surface area contributed by atoms with Crippen molar-refractivity contribution in [3.63, 3.8) is 0 Å². The molecule has 1 N–H and O–H groups in total. The molecule has 0 unspecified atom stereocenters. The van der Waals surface area contributed by atoms with Crippen LogP contribution >= 0.6 is 11.8 Å². The average molecular weight is 328 g/mol. The first-order valence-corrected chi connectivity index (χ1v) is 9.46.